The van der Waals surface area contributed by atoms with Crippen LogP contribution < -0.4 is 0 Å². The molecule has 1 amide bonds. The van der Waals surface area contributed by atoms with Gasteiger partial charge in [-0.1, -0.05) is 0 Å². The molecule has 1 aliphatic rings. The summed E-state index contributed by atoms with van der Waals surface area (Å²) in [5.74, 6) is -1.13. The predicted octanol–water partition coefficient (Wildman–Crippen LogP) is 1.40. The quantitative estimate of drug-likeness (QED) is 0.350. The lowest BCUT2D eigenvalue weighted by molar-refractivity contribution is -0.384. The van der Waals surface area contributed by atoms with Crippen LogP contribution in [0.1, 0.15) is 23.2 Å². The number of nitro benzene ring substituents is 1. The summed E-state index contributed by atoms with van der Waals surface area (Å²) in [6, 6.07) is 5.08. The Morgan fingerprint density at radius 3 is 2.17 bits per heavy atom. The van der Waals surface area contributed by atoms with Crippen molar-refractivity contribution in [3.8, 4) is 0 Å². The summed E-state index contributed by atoms with van der Waals surface area (Å²) in [5, 5.41) is 10.5. The van der Waals surface area contributed by atoms with Gasteiger partial charge in [-0.05, 0) is 25.0 Å². The Hall–Kier alpha value is -2.24. The Bertz CT molecular complexity index is 489. The number of Topliss-reactive ketones (excluding diaryl/α,β-unsaturated/α-hetero) is 1. The molecule has 94 valence electrons. The van der Waals surface area contributed by atoms with Crippen molar-refractivity contribution in [2.24, 2.45) is 0 Å². The van der Waals surface area contributed by atoms with Gasteiger partial charge in [0.25, 0.3) is 11.6 Å². The standard InChI is InChI=1S/C12H12N2O4/c15-11(12(16)13-7-1-2-8-13)9-3-5-10(6-4-9)14(17)18/h3-6H,1-2,7-8H2. The van der Waals surface area contributed by atoms with Gasteiger partial charge in [-0.25, -0.2) is 0 Å². The third-order valence-electron chi connectivity index (χ3n) is 2.93. The van der Waals surface area contributed by atoms with Gasteiger partial charge in [0.15, 0.2) is 0 Å². The molecule has 0 radical (unpaired) electrons. The van der Waals surface area contributed by atoms with Gasteiger partial charge in [0.05, 0.1) is 4.92 Å². The molecule has 1 fully saturated rings. The second kappa shape index (κ2) is 4.95. The van der Waals surface area contributed by atoms with Crippen LogP contribution >= 0.6 is 0 Å². The Morgan fingerprint density at radius 2 is 1.67 bits per heavy atom. The summed E-state index contributed by atoms with van der Waals surface area (Å²) in [6.45, 7) is 1.22. The molecule has 0 N–H and O–H groups in total. The average molecular weight is 248 g/mol. The minimum Gasteiger partial charge on any atom is -0.336 e. The highest BCUT2D eigenvalue weighted by Gasteiger charge is 2.25. The van der Waals surface area contributed by atoms with Crippen molar-refractivity contribution in [1.29, 1.82) is 0 Å². The minimum absolute atomic E-state index is 0.0971. The Morgan fingerprint density at radius 1 is 1.11 bits per heavy atom. The topological polar surface area (TPSA) is 80.5 Å². The summed E-state index contributed by atoms with van der Waals surface area (Å²) in [4.78, 5) is 35.1. The smallest absolute Gasteiger partial charge is 0.294 e. The summed E-state index contributed by atoms with van der Waals surface area (Å²) in [6.07, 6.45) is 1.83. The lowest BCUT2D eigenvalue weighted by atomic mass is 10.1. The number of hydrogen-bond acceptors (Lipinski definition) is 4. The van der Waals surface area contributed by atoms with Gasteiger partial charge in [-0.2, -0.15) is 0 Å². The number of nitro groups is 1. The molecular formula is C12H12N2O4. The van der Waals surface area contributed by atoms with Crippen molar-refractivity contribution in [2.45, 2.75) is 12.8 Å². The Kier molecular flexibility index (Phi) is 3.36. The lowest BCUT2D eigenvalue weighted by Gasteiger charge is -2.13. The van der Waals surface area contributed by atoms with Crippen molar-refractivity contribution < 1.29 is 14.5 Å². The maximum absolute atomic E-state index is 11.9. The largest absolute Gasteiger partial charge is 0.336 e. The molecule has 1 aromatic carbocycles. The van der Waals surface area contributed by atoms with Crippen LogP contribution in [0.2, 0.25) is 0 Å². The Labute approximate surface area is 103 Å². The van der Waals surface area contributed by atoms with Crippen LogP contribution in [0.5, 0.6) is 0 Å². The van der Waals surface area contributed by atoms with Crippen molar-refractivity contribution >= 4 is 17.4 Å². The second-order valence-electron chi connectivity index (χ2n) is 4.13. The highest BCUT2D eigenvalue weighted by Crippen LogP contribution is 2.14. The zero-order chi connectivity index (χ0) is 13.1. The molecular weight excluding hydrogens is 236 g/mol. The van der Waals surface area contributed by atoms with Crippen LogP contribution in [-0.2, 0) is 4.79 Å². The van der Waals surface area contributed by atoms with Gasteiger partial charge in [0.2, 0.25) is 5.78 Å². The summed E-state index contributed by atoms with van der Waals surface area (Å²) in [7, 11) is 0. The number of carbonyl (C=O) groups is 2. The first kappa shape index (κ1) is 12.2. The van der Waals surface area contributed by atoms with E-state index in [-0.39, 0.29) is 11.3 Å². The molecule has 2 rings (SSSR count). The van der Waals surface area contributed by atoms with Crippen LogP contribution in [0.4, 0.5) is 5.69 Å². The molecule has 0 saturated carbocycles. The van der Waals surface area contributed by atoms with Crippen LogP contribution in [0, 0.1) is 10.1 Å². The average Bonchev–Trinajstić information content (AvgIpc) is 2.91. The van der Waals surface area contributed by atoms with E-state index < -0.39 is 16.6 Å². The summed E-state index contributed by atoms with van der Waals surface area (Å²) >= 11 is 0. The fourth-order valence-corrected chi connectivity index (χ4v) is 1.92. The molecule has 6 heteroatoms. The number of benzene rings is 1. The predicted molar refractivity (Wildman–Crippen MR) is 63.2 cm³/mol. The van der Waals surface area contributed by atoms with E-state index in [9.17, 15) is 19.7 Å². The third-order valence-corrected chi connectivity index (χ3v) is 2.93. The number of carbonyl (C=O) groups excluding carboxylic acids is 2. The van der Waals surface area contributed by atoms with Crippen molar-refractivity contribution in [3.63, 3.8) is 0 Å². The SMILES string of the molecule is O=C(C(=O)N1CCCC1)c1ccc([N+](=O)[O-])cc1. The van der Waals surface area contributed by atoms with Crippen molar-refractivity contribution in [2.75, 3.05) is 13.1 Å². The minimum atomic E-state index is -0.605. The van der Waals surface area contributed by atoms with Crippen molar-refractivity contribution in [3.05, 3.63) is 39.9 Å². The molecule has 0 aliphatic carbocycles. The normalized spacial score (nSPS) is 14.6. The molecule has 0 spiro atoms. The Balaban J connectivity index is 2.13. The van der Waals surface area contributed by atoms with Crippen LogP contribution in [0.3, 0.4) is 0 Å². The number of amides is 1. The number of nitrogens with zero attached hydrogens (tertiary/aromatic N) is 2. The number of rotatable bonds is 3. The molecule has 6 nitrogen and oxygen atoms in total. The first-order valence-electron chi connectivity index (χ1n) is 5.67. The van der Waals surface area contributed by atoms with E-state index in [1.165, 1.54) is 29.2 Å². The van der Waals surface area contributed by atoms with E-state index >= 15 is 0 Å². The van der Waals surface area contributed by atoms with E-state index in [1.54, 1.807) is 0 Å². The molecule has 0 bridgehead atoms. The first-order valence-corrected chi connectivity index (χ1v) is 5.67. The van der Waals surface area contributed by atoms with E-state index in [4.69, 9.17) is 0 Å². The van der Waals surface area contributed by atoms with Gasteiger partial charge in [-0.3, -0.25) is 19.7 Å². The fraction of sp³-hybridized carbons (Fsp3) is 0.333. The highest BCUT2D eigenvalue weighted by atomic mass is 16.6. The summed E-state index contributed by atoms with van der Waals surface area (Å²) in [5.41, 5.74) is 0.0951. The van der Waals surface area contributed by atoms with Crippen molar-refractivity contribution in [1.82, 2.24) is 4.90 Å². The fourth-order valence-electron chi connectivity index (χ4n) is 1.92. The highest BCUT2D eigenvalue weighted by molar-refractivity contribution is 6.42. The van der Waals surface area contributed by atoms with E-state index in [2.05, 4.69) is 0 Å². The van der Waals surface area contributed by atoms with E-state index in [0.29, 0.717) is 13.1 Å². The number of likely N-dealkylation sites (tertiary alicyclic amines) is 1. The number of hydrogen-bond donors (Lipinski definition) is 0. The number of ketones is 1. The molecule has 1 heterocycles. The van der Waals surface area contributed by atoms with E-state index in [0.717, 1.165) is 12.8 Å². The molecule has 18 heavy (non-hydrogen) atoms. The molecule has 0 aromatic heterocycles. The zero-order valence-corrected chi connectivity index (χ0v) is 9.67. The van der Waals surface area contributed by atoms with Gasteiger partial charge in [0, 0.05) is 30.8 Å². The molecule has 1 aliphatic heterocycles. The summed E-state index contributed by atoms with van der Waals surface area (Å²) < 4.78 is 0. The monoisotopic (exact) mass is 248 g/mol. The van der Waals surface area contributed by atoms with Gasteiger partial charge >= 0.3 is 0 Å². The molecule has 1 saturated heterocycles. The maximum Gasteiger partial charge on any atom is 0.294 e. The molecule has 0 atom stereocenters. The van der Waals surface area contributed by atoms with Crippen LogP contribution in [0.15, 0.2) is 24.3 Å². The van der Waals surface area contributed by atoms with Crippen LogP contribution in [0.25, 0.3) is 0 Å². The first-order chi connectivity index (χ1) is 8.59. The van der Waals surface area contributed by atoms with Gasteiger partial charge in [-0.15, -0.1) is 0 Å². The molecule has 1 aromatic rings. The maximum atomic E-state index is 11.9. The van der Waals surface area contributed by atoms with Gasteiger partial charge in [0.1, 0.15) is 0 Å². The van der Waals surface area contributed by atoms with Gasteiger partial charge < -0.3 is 4.90 Å². The molecule has 0 unspecified atom stereocenters. The van der Waals surface area contributed by atoms with Crippen LogP contribution in [-0.4, -0.2) is 34.6 Å². The van der Waals surface area contributed by atoms with E-state index in [1.807, 2.05) is 0 Å². The zero-order valence-electron chi connectivity index (χ0n) is 9.67. The number of non-ortho nitro benzene ring substituents is 1. The second-order valence-corrected chi connectivity index (χ2v) is 4.13. The third kappa shape index (κ3) is 2.37. The lowest BCUT2D eigenvalue weighted by Crippen LogP contribution is -2.34.